The van der Waals surface area contributed by atoms with Crippen molar-refractivity contribution in [3.63, 3.8) is 0 Å². The summed E-state index contributed by atoms with van der Waals surface area (Å²) in [4.78, 5) is 31.1. The topological polar surface area (TPSA) is 105 Å². The molecule has 8 nitrogen and oxygen atoms in total. The minimum Gasteiger partial charge on any atom is -0.465 e. The van der Waals surface area contributed by atoms with Gasteiger partial charge < -0.3 is 25.1 Å². The molecule has 1 aliphatic rings. The number of anilines is 1. The fourth-order valence-electron chi connectivity index (χ4n) is 3.46. The number of ether oxygens (including phenoxy) is 2. The second-order valence-corrected chi connectivity index (χ2v) is 7.72. The van der Waals surface area contributed by atoms with Gasteiger partial charge in [-0.25, -0.2) is 14.0 Å². The van der Waals surface area contributed by atoms with Gasteiger partial charge in [0.25, 0.3) is 0 Å². The number of pyridine rings is 1. The second kappa shape index (κ2) is 10.0. The van der Waals surface area contributed by atoms with Crippen LogP contribution in [0.3, 0.4) is 0 Å². The Hall–Kier alpha value is -4.40. The van der Waals surface area contributed by atoms with E-state index in [0.29, 0.717) is 29.1 Å². The minimum absolute atomic E-state index is 0.0362. The summed E-state index contributed by atoms with van der Waals surface area (Å²) in [5.41, 5.74) is 2.69. The molecule has 0 aliphatic heterocycles. The van der Waals surface area contributed by atoms with E-state index < -0.39 is 17.8 Å². The fourth-order valence-corrected chi connectivity index (χ4v) is 3.46. The van der Waals surface area contributed by atoms with Gasteiger partial charge in [-0.2, -0.15) is 0 Å². The van der Waals surface area contributed by atoms with Crippen LogP contribution in [0.4, 0.5) is 14.9 Å². The van der Waals surface area contributed by atoms with Crippen LogP contribution < -0.4 is 15.4 Å². The van der Waals surface area contributed by atoms with E-state index >= 15 is 0 Å². The first-order chi connectivity index (χ1) is 16.4. The summed E-state index contributed by atoms with van der Waals surface area (Å²) in [6.07, 6.45) is 9.52. The van der Waals surface area contributed by atoms with Gasteiger partial charge in [-0.15, -0.1) is 0 Å². The number of amides is 2. The summed E-state index contributed by atoms with van der Waals surface area (Å²) in [7, 11) is 1.31. The first-order valence-corrected chi connectivity index (χ1v) is 10.5. The number of hydrogen-bond donors (Lipinski definition) is 3. The van der Waals surface area contributed by atoms with Gasteiger partial charge in [0.15, 0.2) is 0 Å². The Morgan fingerprint density at radius 1 is 1.18 bits per heavy atom. The predicted octanol–water partition coefficient (Wildman–Crippen LogP) is 5.19. The van der Waals surface area contributed by atoms with Crippen LogP contribution in [0, 0.1) is 5.82 Å². The SMILES string of the molecule is COC(=O)c1c[nH]c(-c2cc(Oc3ccc(NC(=O)NC4C=CC=C(C)C4)c(F)c3)ccn2)c1. The zero-order valence-electron chi connectivity index (χ0n) is 18.6. The third-order valence-electron chi connectivity index (χ3n) is 5.12. The standard InChI is InChI=1S/C25H23FN4O4/c1-15-4-3-5-17(10-15)29-25(32)30-21-7-6-18(12-20(21)26)34-19-8-9-27-23(13-19)22-11-16(14-28-22)24(31)33-2/h3-9,11-14,17,28H,10H2,1-2H3,(H2,29,30,32). The highest BCUT2D eigenvalue weighted by atomic mass is 19.1. The van der Waals surface area contributed by atoms with Crippen LogP contribution in [-0.4, -0.2) is 35.1 Å². The van der Waals surface area contributed by atoms with Gasteiger partial charge in [0.05, 0.1) is 35.8 Å². The molecular weight excluding hydrogens is 439 g/mol. The van der Waals surface area contributed by atoms with Crippen molar-refractivity contribution < 1.29 is 23.5 Å². The molecule has 1 aromatic carbocycles. The third kappa shape index (κ3) is 5.50. The first-order valence-electron chi connectivity index (χ1n) is 10.5. The number of urea groups is 1. The summed E-state index contributed by atoms with van der Waals surface area (Å²) in [5, 5.41) is 5.32. The molecular formula is C25H23FN4O4. The van der Waals surface area contributed by atoms with Crippen molar-refractivity contribution in [3.05, 3.63) is 84.0 Å². The van der Waals surface area contributed by atoms with Gasteiger partial charge in [-0.3, -0.25) is 4.98 Å². The van der Waals surface area contributed by atoms with E-state index in [0.717, 1.165) is 5.57 Å². The lowest BCUT2D eigenvalue weighted by Gasteiger charge is -2.18. The summed E-state index contributed by atoms with van der Waals surface area (Å²) in [6, 6.07) is 8.43. The predicted molar refractivity (Wildman–Crippen MR) is 125 cm³/mol. The monoisotopic (exact) mass is 462 g/mol. The number of allylic oxidation sites excluding steroid dienone is 2. The average Bonchev–Trinajstić information content (AvgIpc) is 3.31. The van der Waals surface area contributed by atoms with Crippen LogP contribution >= 0.6 is 0 Å². The number of carbonyl (C=O) groups is 2. The smallest absolute Gasteiger partial charge is 0.339 e. The number of methoxy groups -OCH3 is 1. The highest BCUT2D eigenvalue weighted by Crippen LogP contribution is 2.28. The fraction of sp³-hybridized carbons (Fsp3) is 0.160. The Bertz CT molecular complexity index is 1280. The summed E-state index contributed by atoms with van der Waals surface area (Å²) < 4.78 is 25.1. The molecule has 0 bridgehead atoms. The maximum absolute atomic E-state index is 14.6. The highest BCUT2D eigenvalue weighted by Gasteiger charge is 2.15. The van der Waals surface area contributed by atoms with E-state index in [1.165, 1.54) is 31.6 Å². The van der Waals surface area contributed by atoms with Crippen molar-refractivity contribution in [2.75, 3.05) is 12.4 Å². The maximum atomic E-state index is 14.6. The first kappa shape index (κ1) is 22.8. The van der Waals surface area contributed by atoms with E-state index in [-0.39, 0.29) is 17.5 Å². The molecule has 0 saturated heterocycles. The number of halogens is 1. The molecule has 1 aliphatic carbocycles. The minimum atomic E-state index is -0.635. The maximum Gasteiger partial charge on any atom is 0.339 e. The average molecular weight is 462 g/mol. The van der Waals surface area contributed by atoms with Crippen molar-refractivity contribution in [1.29, 1.82) is 0 Å². The molecule has 174 valence electrons. The van der Waals surface area contributed by atoms with Crippen molar-refractivity contribution in [1.82, 2.24) is 15.3 Å². The van der Waals surface area contributed by atoms with Crippen molar-refractivity contribution in [3.8, 4) is 22.9 Å². The molecule has 1 unspecified atom stereocenters. The van der Waals surface area contributed by atoms with Crippen LogP contribution in [0.2, 0.25) is 0 Å². The van der Waals surface area contributed by atoms with Crippen LogP contribution in [-0.2, 0) is 4.74 Å². The number of esters is 1. The zero-order chi connectivity index (χ0) is 24.1. The van der Waals surface area contributed by atoms with Crippen LogP contribution in [0.15, 0.2) is 72.6 Å². The molecule has 0 fully saturated rings. The van der Waals surface area contributed by atoms with Crippen molar-refractivity contribution >= 4 is 17.7 Å². The number of nitrogens with zero attached hydrogens (tertiary/aromatic N) is 1. The van der Waals surface area contributed by atoms with Crippen molar-refractivity contribution in [2.24, 2.45) is 0 Å². The molecule has 2 aromatic heterocycles. The number of aromatic amines is 1. The Morgan fingerprint density at radius 2 is 2.00 bits per heavy atom. The highest BCUT2D eigenvalue weighted by molar-refractivity contribution is 5.91. The Balaban J connectivity index is 1.40. The lowest BCUT2D eigenvalue weighted by molar-refractivity contribution is 0.0601. The number of carbonyl (C=O) groups excluding carboxylic acids is 2. The van der Waals surface area contributed by atoms with Gasteiger partial charge in [0.2, 0.25) is 0 Å². The number of H-pyrrole nitrogens is 1. The number of benzene rings is 1. The molecule has 4 rings (SSSR count). The molecule has 2 heterocycles. The van der Waals surface area contributed by atoms with E-state index in [2.05, 4.69) is 20.6 Å². The quantitative estimate of drug-likeness (QED) is 0.437. The van der Waals surface area contributed by atoms with Crippen molar-refractivity contribution in [2.45, 2.75) is 19.4 Å². The third-order valence-corrected chi connectivity index (χ3v) is 5.12. The Labute approximate surface area is 195 Å². The normalized spacial score (nSPS) is 14.8. The van der Waals surface area contributed by atoms with Gasteiger partial charge in [0.1, 0.15) is 17.3 Å². The summed E-state index contributed by atoms with van der Waals surface area (Å²) >= 11 is 0. The molecule has 1 atom stereocenters. The van der Waals surface area contributed by atoms with E-state index in [1.54, 1.807) is 24.3 Å². The number of aromatic nitrogens is 2. The van der Waals surface area contributed by atoms with E-state index in [1.807, 2.05) is 25.2 Å². The molecule has 3 N–H and O–H groups in total. The van der Waals surface area contributed by atoms with Crippen LogP contribution in [0.1, 0.15) is 23.7 Å². The molecule has 3 aromatic rings. The second-order valence-electron chi connectivity index (χ2n) is 7.72. The Kier molecular flexibility index (Phi) is 6.72. The largest absolute Gasteiger partial charge is 0.465 e. The summed E-state index contributed by atoms with van der Waals surface area (Å²) in [6.45, 7) is 1.98. The molecule has 34 heavy (non-hydrogen) atoms. The van der Waals surface area contributed by atoms with Gasteiger partial charge in [0, 0.05) is 24.5 Å². The number of hydrogen-bond acceptors (Lipinski definition) is 5. The molecule has 2 amide bonds. The van der Waals surface area contributed by atoms with Crippen LogP contribution in [0.5, 0.6) is 11.5 Å². The van der Waals surface area contributed by atoms with Gasteiger partial charge in [-0.05, 0) is 37.6 Å². The molecule has 0 saturated carbocycles. The lowest BCUT2D eigenvalue weighted by Crippen LogP contribution is -2.37. The van der Waals surface area contributed by atoms with E-state index in [9.17, 15) is 14.0 Å². The summed E-state index contributed by atoms with van der Waals surface area (Å²) in [5.74, 6) is -0.429. The Morgan fingerprint density at radius 3 is 2.76 bits per heavy atom. The van der Waals surface area contributed by atoms with E-state index in [4.69, 9.17) is 9.47 Å². The molecule has 0 spiro atoms. The van der Waals surface area contributed by atoms with Gasteiger partial charge >= 0.3 is 12.0 Å². The zero-order valence-corrected chi connectivity index (χ0v) is 18.6. The lowest BCUT2D eigenvalue weighted by atomic mass is 10.0. The van der Waals surface area contributed by atoms with Crippen LogP contribution in [0.25, 0.3) is 11.4 Å². The number of rotatable bonds is 6. The molecule has 0 radical (unpaired) electrons. The van der Waals surface area contributed by atoms with Gasteiger partial charge in [-0.1, -0.05) is 23.8 Å². The number of nitrogens with one attached hydrogen (secondary N) is 3. The molecule has 9 heteroatoms.